The summed E-state index contributed by atoms with van der Waals surface area (Å²) in [6.07, 6.45) is 2.06. The van der Waals surface area contributed by atoms with Crippen molar-refractivity contribution in [3.05, 3.63) is 41.0 Å². The first-order valence-corrected chi connectivity index (χ1v) is 8.25. The Bertz CT molecular complexity index is 755. The zero-order valence-corrected chi connectivity index (χ0v) is 13.4. The first-order valence-electron chi connectivity index (χ1n) is 7.43. The maximum Gasteiger partial charge on any atom is 0.273 e. The quantitative estimate of drug-likeness (QED) is 0.742. The lowest BCUT2D eigenvalue weighted by molar-refractivity contribution is 0.102. The average molecular weight is 314 g/mol. The van der Waals surface area contributed by atoms with Crippen molar-refractivity contribution in [1.29, 1.82) is 0 Å². The summed E-state index contributed by atoms with van der Waals surface area (Å²) in [4.78, 5) is 15.4. The molecular formula is C16H18N4OS. The lowest BCUT2D eigenvalue weighted by atomic mass is 10.1. The summed E-state index contributed by atoms with van der Waals surface area (Å²) in [6.45, 7) is 4.27. The van der Waals surface area contributed by atoms with Gasteiger partial charge in [-0.3, -0.25) is 10.1 Å². The standard InChI is InChI=1S/C16H18N4OS/c1-3-10(4-2)15-19-20-16(22-15)18-14(21)13-9-11-7-5-6-8-12(11)17-13/h5-10,17H,3-4H2,1-2H3,(H,18,20,21). The molecule has 5 nitrogen and oxygen atoms in total. The molecule has 22 heavy (non-hydrogen) atoms. The van der Waals surface area contributed by atoms with E-state index in [1.54, 1.807) is 0 Å². The van der Waals surface area contributed by atoms with E-state index in [0.717, 1.165) is 28.8 Å². The van der Waals surface area contributed by atoms with Crippen LogP contribution in [0.5, 0.6) is 0 Å². The van der Waals surface area contributed by atoms with Crippen LogP contribution in [0.15, 0.2) is 30.3 Å². The minimum atomic E-state index is -0.191. The van der Waals surface area contributed by atoms with Crippen molar-refractivity contribution in [1.82, 2.24) is 15.2 Å². The largest absolute Gasteiger partial charge is 0.351 e. The first-order chi connectivity index (χ1) is 10.7. The molecule has 0 spiro atoms. The van der Waals surface area contributed by atoms with Gasteiger partial charge < -0.3 is 4.98 Å². The molecule has 0 bridgehead atoms. The third-order valence-corrected chi connectivity index (χ3v) is 4.77. The van der Waals surface area contributed by atoms with Crippen LogP contribution in [0.1, 0.15) is 48.1 Å². The average Bonchev–Trinajstić information content (AvgIpc) is 3.15. The second-order valence-electron chi connectivity index (χ2n) is 5.18. The number of para-hydroxylation sites is 1. The number of hydrogen-bond acceptors (Lipinski definition) is 4. The van der Waals surface area contributed by atoms with E-state index in [1.165, 1.54) is 11.3 Å². The zero-order valence-electron chi connectivity index (χ0n) is 12.6. The van der Waals surface area contributed by atoms with E-state index in [2.05, 4.69) is 34.3 Å². The van der Waals surface area contributed by atoms with Crippen LogP contribution in [0.2, 0.25) is 0 Å². The van der Waals surface area contributed by atoms with Crippen LogP contribution < -0.4 is 5.32 Å². The molecule has 0 saturated carbocycles. The van der Waals surface area contributed by atoms with Crippen molar-refractivity contribution in [3.8, 4) is 0 Å². The molecule has 0 aliphatic carbocycles. The van der Waals surface area contributed by atoms with Crippen molar-refractivity contribution in [3.63, 3.8) is 0 Å². The zero-order chi connectivity index (χ0) is 15.5. The molecule has 0 aliphatic rings. The minimum Gasteiger partial charge on any atom is -0.351 e. The number of H-pyrrole nitrogens is 1. The van der Waals surface area contributed by atoms with Gasteiger partial charge in [-0.1, -0.05) is 43.4 Å². The van der Waals surface area contributed by atoms with Gasteiger partial charge in [-0.15, -0.1) is 10.2 Å². The van der Waals surface area contributed by atoms with Gasteiger partial charge in [0.05, 0.1) is 0 Å². The third-order valence-electron chi connectivity index (χ3n) is 3.77. The lowest BCUT2D eigenvalue weighted by Crippen LogP contribution is -2.11. The van der Waals surface area contributed by atoms with Crippen LogP contribution in [-0.2, 0) is 0 Å². The molecule has 0 aliphatic heterocycles. The minimum absolute atomic E-state index is 0.191. The Morgan fingerprint density at radius 1 is 1.27 bits per heavy atom. The van der Waals surface area contributed by atoms with E-state index in [-0.39, 0.29) is 5.91 Å². The summed E-state index contributed by atoms with van der Waals surface area (Å²) in [7, 11) is 0. The van der Waals surface area contributed by atoms with Crippen LogP contribution in [-0.4, -0.2) is 21.1 Å². The van der Waals surface area contributed by atoms with Crippen LogP contribution >= 0.6 is 11.3 Å². The molecule has 0 radical (unpaired) electrons. The Labute approximate surface area is 132 Å². The van der Waals surface area contributed by atoms with Gasteiger partial charge in [0.15, 0.2) is 0 Å². The Morgan fingerprint density at radius 3 is 2.77 bits per heavy atom. The lowest BCUT2D eigenvalue weighted by Gasteiger charge is -2.05. The van der Waals surface area contributed by atoms with Crippen LogP contribution in [0.4, 0.5) is 5.13 Å². The second-order valence-corrected chi connectivity index (χ2v) is 6.19. The first kappa shape index (κ1) is 14.7. The summed E-state index contributed by atoms with van der Waals surface area (Å²) in [6, 6.07) is 9.65. The number of carbonyl (C=O) groups excluding carboxylic acids is 1. The van der Waals surface area contributed by atoms with Crippen molar-refractivity contribution < 1.29 is 4.79 Å². The fourth-order valence-corrected chi connectivity index (χ4v) is 3.45. The maximum atomic E-state index is 12.3. The molecule has 0 atom stereocenters. The summed E-state index contributed by atoms with van der Waals surface area (Å²) >= 11 is 1.45. The van der Waals surface area contributed by atoms with E-state index in [9.17, 15) is 4.79 Å². The third kappa shape index (κ3) is 2.87. The summed E-state index contributed by atoms with van der Waals surface area (Å²) in [5, 5.41) is 13.6. The smallest absolute Gasteiger partial charge is 0.273 e. The van der Waals surface area contributed by atoms with Gasteiger partial charge in [0.2, 0.25) is 5.13 Å². The molecular weight excluding hydrogens is 296 g/mol. The number of aromatic amines is 1. The molecule has 2 aromatic heterocycles. The molecule has 114 valence electrons. The number of nitrogens with one attached hydrogen (secondary N) is 2. The number of fused-ring (bicyclic) bond motifs is 1. The Morgan fingerprint density at radius 2 is 2.05 bits per heavy atom. The van der Waals surface area contributed by atoms with E-state index in [4.69, 9.17) is 0 Å². The van der Waals surface area contributed by atoms with Crippen LogP contribution in [0.25, 0.3) is 10.9 Å². The van der Waals surface area contributed by atoms with Crippen LogP contribution in [0, 0.1) is 0 Å². The molecule has 0 fully saturated rings. The van der Waals surface area contributed by atoms with Gasteiger partial charge in [0, 0.05) is 16.8 Å². The van der Waals surface area contributed by atoms with Gasteiger partial charge >= 0.3 is 0 Å². The summed E-state index contributed by atoms with van der Waals surface area (Å²) in [5.41, 5.74) is 1.48. The molecule has 3 rings (SSSR count). The highest BCUT2D eigenvalue weighted by Gasteiger charge is 2.16. The monoisotopic (exact) mass is 314 g/mol. The Kier molecular flexibility index (Phi) is 4.20. The van der Waals surface area contributed by atoms with E-state index in [0.29, 0.717) is 16.7 Å². The Balaban J connectivity index is 1.76. The number of aromatic nitrogens is 3. The van der Waals surface area contributed by atoms with E-state index in [1.807, 2.05) is 30.3 Å². The predicted octanol–water partition coefficient (Wildman–Crippen LogP) is 4.18. The Hall–Kier alpha value is -2.21. The van der Waals surface area contributed by atoms with Gasteiger partial charge in [-0.25, -0.2) is 0 Å². The number of benzene rings is 1. The molecule has 1 amide bonds. The molecule has 1 aromatic carbocycles. The van der Waals surface area contributed by atoms with Gasteiger partial charge in [-0.05, 0) is 25.0 Å². The molecule has 0 unspecified atom stereocenters. The highest BCUT2D eigenvalue weighted by molar-refractivity contribution is 7.15. The summed E-state index contributed by atoms with van der Waals surface area (Å²) < 4.78 is 0. The number of hydrogen-bond donors (Lipinski definition) is 2. The van der Waals surface area contributed by atoms with Crippen molar-refractivity contribution in [2.45, 2.75) is 32.6 Å². The number of nitrogens with zero attached hydrogens (tertiary/aromatic N) is 2. The normalized spacial score (nSPS) is 11.2. The SMILES string of the molecule is CCC(CC)c1nnc(NC(=O)c2cc3ccccc3[nH]2)s1. The molecule has 2 N–H and O–H groups in total. The number of carbonyl (C=O) groups is 1. The topological polar surface area (TPSA) is 70.7 Å². The fraction of sp³-hybridized carbons (Fsp3) is 0.312. The number of anilines is 1. The summed E-state index contributed by atoms with van der Waals surface area (Å²) in [5.74, 6) is 0.222. The van der Waals surface area contributed by atoms with Crippen molar-refractivity contribution in [2.75, 3.05) is 5.32 Å². The van der Waals surface area contributed by atoms with E-state index >= 15 is 0 Å². The highest BCUT2D eigenvalue weighted by atomic mass is 32.1. The van der Waals surface area contributed by atoms with Crippen molar-refractivity contribution in [2.24, 2.45) is 0 Å². The molecule has 0 saturated heterocycles. The molecule has 6 heteroatoms. The maximum absolute atomic E-state index is 12.3. The second kappa shape index (κ2) is 6.27. The molecule has 2 heterocycles. The molecule has 3 aromatic rings. The fourth-order valence-electron chi connectivity index (χ4n) is 2.45. The van der Waals surface area contributed by atoms with Gasteiger partial charge in [0.25, 0.3) is 5.91 Å². The van der Waals surface area contributed by atoms with E-state index < -0.39 is 0 Å². The van der Waals surface area contributed by atoms with Crippen molar-refractivity contribution >= 4 is 33.3 Å². The van der Waals surface area contributed by atoms with Gasteiger partial charge in [-0.2, -0.15) is 0 Å². The predicted molar refractivity (Wildman–Crippen MR) is 89.5 cm³/mol. The van der Waals surface area contributed by atoms with Crippen LogP contribution in [0.3, 0.4) is 0 Å². The number of rotatable bonds is 5. The number of amides is 1. The highest BCUT2D eigenvalue weighted by Crippen LogP contribution is 2.28. The van der Waals surface area contributed by atoms with Gasteiger partial charge in [0.1, 0.15) is 10.7 Å².